The summed E-state index contributed by atoms with van der Waals surface area (Å²) < 4.78 is 38.2. The third kappa shape index (κ3) is 3.38. The summed E-state index contributed by atoms with van der Waals surface area (Å²) in [6.07, 6.45) is -3.87. The molecule has 0 spiro atoms. The molecule has 0 atom stereocenters. The third-order valence-corrected chi connectivity index (χ3v) is 2.99. The number of hydrogen-bond acceptors (Lipinski definition) is 5. The van der Waals surface area contributed by atoms with Crippen LogP contribution in [0.2, 0.25) is 5.02 Å². The van der Waals surface area contributed by atoms with Gasteiger partial charge in [0, 0.05) is 13.2 Å². The van der Waals surface area contributed by atoms with Crippen molar-refractivity contribution < 1.29 is 13.2 Å². The number of benzene rings is 1. The Labute approximate surface area is 128 Å². The Morgan fingerprint density at radius 3 is 2.59 bits per heavy atom. The molecule has 0 saturated carbocycles. The lowest BCUT2D eigenvalue weighted by molar-refractivity contribution is -0.137. The van der Waals surface area contributed by atoms with Crippen LogP contribution in [0.3, 0.4) is 0 Å². The molecule has 2 N–H and O–H groups in total. The highest BCUT2D eigenvalue weighted by atomic mass is 35.5. The van der Waals surface area contributed by atoms with Gasteiger partial charge in [0.1, 0.15) is 11.4 Å². The van der Waals surface area contributed by atoms with Crippen LogP contribution in [-0.4, -0.2) is 17.0 Å². The summed E-state index contributed by atoms with van der Waals surface area (Å²) in [5.41, 5.74) is -0.228. The second-order valence-corrected chi connectivity index (χ2v) is 4.54. The van der Waals surface area contributed by atoms with Crippen LogP contribution in [-0.2, 0) is 6.18 Å². The molecule has 2 rings (SSSR count). The lowest BCUT2D eigenvalue weighted by Gasteiger charge is -2.13. The van der Waals surface area contributed by atoms with Gasteiger partial charge in [0.2, 0.25) is 5.95 Å². The van der Waals surface area contributed by atoms with E-state index in [0.717, 1.165) is 0 Å². The van der Waals surface area contributed by atoms with E-state index >= 15 is 0 Å². The Morgan fingerprint density at radius 2 is 2.05 bits per heavy atom. The van der Waals surface area contributed by atoms with Crippen molar-refractivity contribution in [2.75, 3.05) is 17.7 Å². The largest absolute Gasteiger partial charge is 0.421 e. The molecule has 1 aromatic heterocycles. The molecule has 0 fully saturated rings. The van der Waals surface area contributed by atoms with Crippen molar-refractivity contribution in [2.24, 2.45) is 0 Å². The summed E-state index contributed by atoms with van der Waals surface area (Å²) in [4.78, 5) is 7.39. The van der Waals surface area contributed by atoms with E-state index in [1.54, 1.807) is 0 Å². The summed E-state index contributed by atoms with van der Waals surface area (Å²) in [5.74, 6) is -0.404. The van der Waals surface area contributed by atoms with Crippen molar-refractivity contribution in [1.29, 1.82) is 5.26 Å². The van der Waals surface area contributed by atoms with Gasteiger partial charge in [-0.05, 0) is 18.2 Å². The molecule has 22 heavy (non-hydrogen) atoms. The standard InChI is InChI=1S/C13H9ClF3N5/c1-19-11-8(13(15,16)17)6-20-12(22-11)21-10-3-2-7(5-18)4-9(10)14/h2-4,6H,1H3,(H2,19,20,21,22). The van der Waals surface area contributed by atoms with Crippen molar-refractivity contribution in [3.05, 3.63) is 40.5 Å². The van der Waals surface area contributed by atoms with E-state index in [-0.39, 0.29) is 16.8 Å². The topological polar surface area (TPSA) is 73.6 Å². The van der Waals surface area contributed by atoms with E-state index in [4.69, 9.17) is 16.9 Å². The molecule has 0 saturated heterocycles. The van der Waals surface area contributed by atoms with Gasteiger partial charge in [0.05, 0.1) is 22.3 Å². The van der Waals surface area contributed by atoms with Crippen molar-refractivity contribution in [1.82, 2.24) is 9.97 Å². The molecular weight excluding hydrogens is 319 g/mol. The number of nitrogens with zero attached hydrogens (tertiary/aromatic N) is 3. The van der Waals surface area contributed by atoms with E-state index in [2.05, 4.69) is 20.6 Å². The molecule has 114 valence electrons. The predicted molar refractivity (Wildman–Crippen MR) is 76.0 cm³/mol. The molecule has 1 aromatic carbocycles. The zero-order valence-electron chi connectivity index (χ0n) is 11.2. The zero-order valence-corrected chi connectivity index (χ0v) is 11.9. The predicted octanol–water partition coefficient (Wildman–Crippen LogP) is 3.81. The van der Waals surface area contributed by atoms with E-state index in [0.29, 0.717) is 17.4 Å². The Hall–Kier alpha value is -2.53. The number of halogens is 4. The Bertz CT molecular complexity index is 739. The molecule has 0 amide bonds. The lowest BCUT2D eigenvalue weighted by Crippen LogP contribution is -2.12. The van der Waals surface area contributed by atoms with Gasteiger partial charge in [0.15, 0.2) is 0 Å². The summed E-state index contributed by atoms with van der Waals surface area (Å²) >= 11 is 5.97. The lowest BCUT2D eigenvalue weighted by atomic mass is 10.2. The minimum Gasteiger partial charge on any atom is -0.372 e. The maximum Gasteiger partial charge on any atom is 0.421 e. The number of hydrogen-bond donors (Lipinski definition) is 2. The second kappa shape index (κ2) is 6.07. The number of nitrogens with one attached hydrogen (secondary N) is 2. The van der Waals surface area contributed by atoms with Crippen molar-refractivity contribution >= 4 is 29.1 Å². The molecule has 0 aliphatic rings. The molecule has 2 aromatic rings. The highest BCUT2D eigenvalue weighted by Gasteiger charge is 2.35. The molecule has 0 aliphatic heterocycles. The molecular formula is C13H9ClF3N5. The van der Waals surface area contributed by atoms with Crippen LogP contribution in [0.1, 0.15) is 11.1 Å². The number of rotatable bonds is 3. The van der Waals surface area contributed by atoms with Crippen LogP contribution in [0.4, 0.5) is 30.6 Å². The molecule has 0 radical (unpaired) electrons. The first-order valence-electron chi connectivity index (χ1n) is 5.94. The molecule has 9 heteroatoms. The van der Waals surface area contributed by atoms with Gasteiger partial charge >= 0.3 is 6.18 Å². The maximum absolute atomic E-state index is 12.7. The summed E-state index contributed by atoms with van der Waals surface area (Å²) in [5, 5.41) is 14.1. The van der Waals surface area contributed by atoms with Gasteiger partial charge < -0.3 is 10.6 Å². The third-order valence-electron chi connectivity index (χ3n) is 2.68. The molecule has 1 heterocycles. The fourth-order valence-corrected chi connectivity index (χ4v) is 1.87. The van der Waals surface area contributed by atoms with Crippen LogP contribution in [0.5, 0.6) is 0 Å². The van der Waals surface area contributed by atoms with Crippen LogP contribution in [0, 0.1) is 11.3 Å². The van der Waals surface area contributed by atoms with Gasteiger partial charge in [0.25, 0.3) is 0 Å². The first-order valence-corrected chi connectivity index (χ1v) is 6.31. The Morgan fingerprint density at radius 1 is 1.32 bits per heavy atom. The first kappa shape index (κ1) is 15.9. The van der Waals surface area contributed by atoms with Gasteiger partial charge in [-0.3, -0.25) is 0 Å². The fourth-order valence-electron chi connectivity index (χ4n) is 1.65. The highest BCUT2D eigenvalue weighted by Crippen LogP contribution is 2.34. The monoisotopic (exact) mass is 327 g/mol. The minimum absolute atomic E-state index is 0.0519. The molecule has 0 aliphatic carbocycles. The number of nitriles is 1. The van der Waals surface area contributed by atoms with Crippen LogP contribution < -0.4 is 10.6 Å². The first-order chi connectivity index (χ1) is 10.3. The van der Waals surface area contributed by atoms with Gasteiger partial charge in [-0.2, -0.15) is 23.4 Å². The quantitative estimate of drug-likeness (QED) is 0.896. The van der Waals surface area contributed by atoms with Crippen LogP contribution >= 0.6 is 11.6 Å². The minimum atomic E-state index is -4.55. The van der Waals surface area contributed by atoms with Crippen LogP contribution in [0.25, 0.3) is 0 Å². The number of aromatic nitrogens is 2. The van der Waals surface area contributed by atoms with Gasteiger partial charge in [-0.25, -0.2) is 4.98 Å². The normalized spacial score (nSPS) is 10.9. The van der Waals surface area contributed by atoms with E-state index in [9.17, 15) is 13.2 Å². The number of alkyl halides is 3. The Balaban J connectivity index is 2.33. The smallest absolute Gasteiger partial charge is 0.372 e. The SMILES string of the molecule is CNc1nc(Nc2ccc(C#N)cc2Cl)ncc1C(F)(F)F. The average molecular weight is 328 g/mol. The van der Waals surface area contributed by atoms with Crippen molar-refractivity contribution in [3.63, 3.8) is 0 Å². The second-order valence-electron chi connectivity index (χ2n) is 4.14. The molecule has 0 unspecified atom stereocenters. The Kier molecular flexibility index (Phi) is 4.37. The summed E-state index contributed by atoms with van der Waals surface area (Å²) in [6.45, 7) is 0. The summed E-state index contributed by atoms with van der Waals surface area (Å²) in [6, 6.07) is 6.37. The average Bonchev–Trinajstić information content (AvgIpc) is 2.48. The fraction of sp³-hybridized carbons (Fsp3) is 0.154. The number of anilines is 3. The maximum atomic E-state index is 12.7. The highest BCUT2D eigenvalue weighted by molar-refractivity contribution is 6.33. The van der Waals surface area contributed by atoms with Crippen molar-refractivity contribution in [3.8, 4) is 6.07 Å². The molecule has 0 bridgehead atoms. The summed E-state index contributed by atoms with van der Waals surface area (Å²) in [7, 11) is 1.33. The zero-order chi connectivity index (χ0) is 16.3. The van der Waals surface area contributed by atoms with E-state index in [1.807, 2.05) is 6.07 Å². The van der Waals surface area contributed by atoms with Crippen LogP contribution in [0.15, 0.2) is 24.4 Å². The van der Waals surface area contributed by atoms with Gasteiger partial charge in [-0.15, -0.1) is 0 Å². The van der Waals surface area contributed by atoms with Gasteiger partial charge in [-0.1, -0.05) is 11.6 Å². The van der Waals surface area contributed by atoms with Crippen molar-refractivity contribution in [2.45, 2.75) is 6.18 Å². The van der Waals surface area contributed by atoms with E-state index in [1.165, 1.54) is 25.2 Å². The molecule has 5 nitrogen and oxygen atoms in total. The van der Waals surface area contributed by atoms with E-state index < -0.39 is 11.7 Å².